The van der Waals surface area contributed by atoms with Gasteiger partial charge >= 0.3 is 0 Å². The van der Waals surface area contributed by atoms with E-state index in [2.05, 4.69) is 34.3 Å². The van der Waals surface area contributed by atoms with Gasteiger partial charge in [-0.1, -0.05) is 19.1 Å². The molecule has 0 amide bonds. The van der Waals surface area contributed by atoms with Crippen LogP contribution >= 0.6 is 0 Å². The fraction of sp³-hybridized carbons (Fsp3) is 0.333. The van der Waals surface area contributed by atoms with Gasteiger partial charge in [0, 0.05) is 25.1 Å². The van der Waals surface area contributed by atoms with Crippen LogP contribution in [0.4, 0.5) is 0 Å². The Hall–Kier alpha value is -1.74. The third kappa shape index (κ3) is 3.64. The molecule has 0 aromatic carbocycles. The minimum absolute atomic E-state index is 0.838. The first kappa shape index (κ1) is 12.7. The summed E-state index contributed by atoms with van der Waals surface area (Å²) in [6.45, 7) is 3.95. The summed E-state index contributed by atoms with van der Waals surface area (Å²) < 4.78 is 0. The Labute approximate surface area is 108 Å². The van der Waals surface area contributed by atoms with E-state index in [4.69, 9.17) is 0 Å². The average molecular weight is 241 g/mol. The van der Waals surface area contributed by atoms with Gasteiger partial charge in [0.25, 0.3) is 0 Å². The molecule has 0 aliphatic rings. The minimum Gasteiger partial charge on any atom is -0.311 e. The number of pyridine rings is 2. The van der Waals surface area contributed by atoms with E-state index in [1.54, 1.807) is 6.20 Å². The van der Waals surface area contributed by atoms with Crippen molar-refractivity contribution in [3.63, 3.8) is 0 Å². The zero-order valence-corrected chi connectivity index (χ0v) is 10.8. The molecule has 94 valence electrons. The van der Waals surface area contributed by atoms with E-state index >= 15 is 0 Å². The van der Waals surface area contributed by atoms with Gasteiger partial charge in [-0.05, 0) is 42.6 Å². The standard InChI is InChI=1S/C15H19N3/c1-2-14-6-4-9-18-15(14)12-17-10-7-13-5-3-8-16-11-13/h3-6,8-9,11,17H,2,7,10,12H2,1H3. The fourth-order valence-electron chi connectivity index (χ4n) is 1.94. The smallest absolute Gasteiger partial charge is 0.0573 e. The molecule has 2 aromatic heterocycles. The average Bonchev–Trinajstić information content (AvgIpc) is 2.45. The summed E-state index contributed by atoms with van der Waals surface area (Å²) in [7, 11) is 0. The molecule has 2 heterocycles. The predicted octanol–water partition coefficient (Wildman–Crippen LogP) is 2.37. The highest BCUT2D eigenvalue weighted by atomic mass is 14.9. The van der Waals surface area contributed by atoms with Crippen LogP contribution in [0.5, 0.6) is 0 Å². The molecule has 0 radical (unpaired) electrons. The van der Waals surface area contributed by atoms with E-state index in [9.17, 15) is 0 Å². The molecule has 18 heavy (non-hydrogen) atoms. The maximum atomic E-state index is 4.42. The Bertz CT molecular complexity index is 468. The summed E-state index contributed by atoms with van der Waals surface area (Å²) in [5, 5.41) is 3.43. The van der Waals surface area contributed by atoms with E-state index in [1.165, 1.54) is 11.1 Å². The Morgan fingerprint density at radius 3 is 2.83 bits per heavy atom. The highest BCUT2D eigenvalue weighted by molar-refractivity contribution is 5.19. The Balaban J connectivity index is 1.78. The van der Waals surface area contributed by atoms with Crippen molar-refractivity contribution < 1.29 is 0 Å². The van der Waals surface area contributed by atoms with Gasteiger partial charge in [0.2, 0.25) is 0 Å². The third-order valence-electron chi connectivity index (χ3n) is 2.97. The molecule has 0 bridgehead atoms. The molecule has 0 spiro atoms. The quantitative estimate of drug-likeness (QED) is 0.789. The largest absolute Gasteiger partial charge is 0.311 e. The zero-order chi connectivity index (χ0) is 12.6. The molecule has 0 aliphatic carbocycles. The summed E-state index contributed by atoms with van der Waals surface area (Å²) in [4.78, 5) is 8.53. The Kier molecular flexibility index (Phi) is 4.85. The van der Waals surface area contributed by atoms with Crippen molar-refractivity contribution in [1.82, 2.24) is 15.3 Å². The van der Waals surface area contributed by atoms with Gasteiger partial charge in [-0.15, -0.1) is 0 Å². The van der Waals surface area contributed by atoms with Crippen molar-refractivity contribution in [2.45, 2.75) is 26.3 Å². The van der Waals surface area contributed by atoms with Gasteiger partial charge in [0.1, 0.15) is 0 Å². The van der Waals surface area contributed by atoms with E-state index in [1.807, 2.05) is 24.5 Å². The van der Waals surface area contributed by atoms with E-state index in [0.29, 0.717) is 0 Å². The summed E-state index contributed by atoms with van der Waals surface area (Å²) in [5.41, 5.74) is 3.75. The highest BCUT2D eigenvalue weighted by Crippen LogP contribution is 2.05. The van der Waals surface area contributed by atoms with E-state index in [-0.39, 0.29) is 0 Å². The molecule has 1 N–H and O–H groups in total. The van der Waals surface area contributed by atoms with Crippen LogP contribution in [0.3, 0.4) is 0 Å². The summed E-state index contributed by atoms with van der Waals surface area (Å²) >= 11 is 0. The molecular weight excluding hydrogens is 222 g/mol. The molecule has 0 atom stereocenters. The van der Waals surface area contributed by atoms with Crippen molar-refractivity contribution in [2.75, 3.05) is 6.54 Å². The molecule has 3 nitrogen and oxygen atoms in total. The van der Waals surface area contributed by atoms with Crippen LogP contribution in [0.2, 0.25) is 0 Å². The summed E-state index contributed by atoms with van der Waals surface area (Å²) in [5.74, 6) is 0. The SMILES string of the molecule is CCc1cccnc1CNCCc1cccnc1. The lowest BCUT2D eigenvalue weighted by atomic mass is 10.1. The van der Waals surface area contributed by atoms with Gasteiger partial charge in [-0.25, -0.2) is 0 Å². The molecule has 2 aromatic rings. The fourth-order valence-corrected chi connectivity index (χ4v) is 1.94. The Morgan fingerprint density at radius 2 is 2.06 bits per heavy atom. The van der Waals surface area contributed by atoms with Crippen LogP contribution in [-0.4, -0.2) is 16.5 Å². The second kappa shape index (κ2) is 6.87. The lowest BCUT2D eigenvalue weighted by Crippen LogP contribution is -2.18. The zero-order valence-electron chi connectivity index (χ0n) is 10.8. The van der Waals surface area contributed by atoms with Gasteiger partial charge < -0.3 is 5.32 Å². The van der Waals surface area contributed by atoms with Gasteiger partial charge in [0.15, 0.2) is 0 Å². The van der Waals surface area contributed by atoms with Crippen molar-refractivity contribution in [3.8, 4) is 0 Å². The van der Waals surface area contributed by atoms with Gasteiger partial charge in [-0.3, -0.25) is 9.97 Å². The molecule has 0 saturated carbocycles. The predicted molar refractivity (Wildman–Crippen MR) is 73.3 cm³/mol. The highest BCUT2D eigenvalue weighted by Gasteiger charge is 2.00. The number of aryl methyl sites for hydroxylation is 1. The second-order valence-corrected chi connectivity index (χ2v) is 4.25. The molecule has 0 aliphatic heterocycles. The number of hydrogen-bond donors (Lipinski definition) is 1. The summed E-state index contributed by atoms with van der Waals surface area (Å²) in [6, 6.07) is 8.22. The van der Waals surface area contributed by atoms with Crippen LogP contribution < -0.4 is 5.32 Å². The van der Waals surface area contributed by atoms with Gasteiger partial charge in [0.05, 0.1) is 5.69 Å². The van der Waals surface area contributed by atoms with Crippen LogP contribution in [0.1, 0.15) is 23.7 Å². The van der Waals surface area contributed by atoms with E-state index in [0.717, 1.165) is 31.6 Å². The van der Waals surface area contributed by atoms with Crippen LogP contribution in [0.25, 0.3) is 0 Å². The van der Waals surface area contributed by atoms with Crippen molar-refractivity contribution in [3.05, 3.63) is 59.7 Å². The van der Waals surface area contributed by atoms with Gasteiger partial charge in [-0.2, -0.15) is 0 Å². The number of rotatable bonds is 6. The Morgan fingerprint density at radius 1 is 1.17 bits per heavy atom. The summed E-state index contributed by atoms with van der Waals surface area (Å²) in [6.07, 6.45) is 7.62. The van der Waals surface area contributed by atoms with Crippen LogP contribution in [0.15, 0.2) is 42.9 Å². The first-order valence-corrected chi connectivity index (χ1v) is 6.42. The van der Waals surface area contributed by atoms with E-state index < -0.39 is 0 Å². The molecule has 0 unspecified atom stereocenters. The van der Waals surface area contributed by atoms with Crippen molar-refractivity contribution in [2.24, 2.45) is 0 Å². The number of hydrogen-bond acceptors (Lipinski definition) is 3. The number of nitrogens with zero attached hydrogens (tertiary/aromatic N) is 2. The maximum absolute atomic E-state index is 4.42. The third-order valence-corrected chi connectivity index (χ3v) is 2.97. The minimum atomic E-state index is 0.838. The molecular formula is C15H19N3. The topological polar surface area (TPSA) is 37.8 Å². The molecule has 2 rings (SSSR count). The monoisotopic (exact) mass is 241 g/mol. The lowest BCUT2D eigenvalue weighted by molar-refractivity contribution is 0.668. The maximum Gasteiger partial charge on any atom is 0.0573 e. The molecule has 3 heteroatoms. The lowest BCUT2D eigenvalue weighted by Gasteiger charge is -2.08. The first-order chi connectivity index (χ1) is 8.90. The van der Waals surface area contributed by atoms with Crippen molar-refractivity contribution in [1.29, 1.82) is 0 Å². The second-order valence-electron chi connectivity index (χ2n) is 4.25. The number of nitrogens with one attached hydrogen (secondary N) is 1. The molecule has 0 fully saturated rings. The normalized spacial score (nSPS) is 10.5. The first-order valence-electron chi connectivity index (χ1n) is 6.42. The molecule has 0 saturated heterocycles. The van der Waals surface area contributed by atoms with Crippen LogP contribution in [0, 0.1) is 0 Å². The van der Waals surface area contributed by atoms with Crippen LogP contribution in [-0.2, 0) is 19.4 Å². The number of aromatic nitrogens is 2. The van der Waals surface area contributed by atoms with Crippen molar-refractivity contribution >= 4 is 0 Å².